The lowest BCUT2D eigenvalue weighted by molar-refractivity contribution is 0.412. The van der Waals surface area contributed by atoms with Crippen molar-refractivity contribution >= 4 is 56.3 Å². The highest BCUT2D eigenvalue weighted by molar-refractivity contribution is 14.1. The summed E-state index contributed by atoms with van der Waals surface area (Å²) in [7, 11) is 3.49. The molecule has 0 saturated heterocycles. The second-order valence-electron chi connectivity index (χ2n) is 5.47. The van der Waals surface area contributed by atoms with E-state index in [1.807, 2.05) is 33.0 Å². The Bertz CT molecular complexity index is 1100. The van der Waals surface area contributed by atoms with E-state index in [1.54, 1.807) is 24.2 Å². The number of methoxy groups -OCH3 is 1. The van der Waals surface area contributed by atoms with E-state index >= 15 is 0 Å². The maximum absolute atomic E-state index is 5.97. The van der Waals surface area contributed by atoms with Gasteiger partial charge in [-0.25, -0.2) is 9.97 Å². The van der Waals surface area contributed by atoms with Crippen LogP contribution in [0.4, 0.5) is 0 Å². The van der Waals surface area contributed by atoms with Crippen LogP contribution >= 0.6 is 34.2 Å². The zero-order valence-corrected chi connectivity index (χ0v) is 17.6. The van der Waals surface area contributed by atoms with Crippen molar-refractivity contribution in [3.63, 3.8) is 0 Å². The normalized spacial score (nSPS) is 10.7. The summed E-state index contributed by atoms with van der Waals surface area (Å²) in [4.78, 5) is 16.8. The van der Waals surface area contributed by atoms with Gasteiger partial charge >= 0.3 is 0 Å². The van der Waals surface area contributed by atoms with Gasteiger partial charge in [-0.1, -0.05) is 11.6 Å². The number of nitrogens with zero attached hydrogens (tertiary/aromatic N) is 6. The Morgan fingerprint density at radius 2 is 1.81 bits per heavy atom. The minimum Gasteiger partial charge on any atom is -0.496 e. The molecule has 0 N–H and O–H groups in total. The minimum atomic E-state index is 0.464. The highest BCUT2D eigenvalue weighted by atomic mass is 127. The topological polar surface area (TPSA) is 78.6 Å². The van der Waals surface area contributed by atoms with Crippen LogP contribution in [0.5, 0.6) is 5.75 Å². The van der Waals surface area contributed by atoms with Gasteiger partial charge in [-0.05, 0) is 48.6 Å². The van der Waals surface area contributed by atoms with E-state index in [2.05, 4.69) is 47.6 Å². The summed E-state index contributed by atoms with van der Waals surface area (Å²) in [6.45, 7) is 3.73. The van der Waals surface area contributed by atoms with Crippen molar-refractivity contribution in [1.29, 1.82) is 0 Å². The van der Waals surface area contributed by atoms with Crippen LogP contribution < -0.4 is 4.74 Å². The van der Waals surface area contributed by atoms with Gasteiger partial charge in [0.1, 0.15) is 28.1 Å². The molecule has 4 rings (SSSR count). The summed E-state index contributed by atoms with van der Waals surface area (Å²) < 4.78 is 7.88. The smallest absolute Gasteiger partial charge is 0.158 e. The fourth-order valence-electron chi connectivity index (χ4n) is 2.54. The van der Waals surface area contributed by atoms with Crippen molar-refractivity contribution in [1.82, 2.24) is 29.7 Å². The molecule has 0 amide bonds. The molecule has 26 heavy (non-hydrogen) atoms. The van der Waals surface area contributed by atoms with Crippen molar-refractivity contribution in [2.24, 2.45) is 7.05 Å². The zero-order chi connectivity index (χ0) is 18.8. The van der Waals surface area contributed by atoms with E-state index in [0.717, 1.165) is 37.1 Å². The quantitative estimate of drug-likeness (QED) is 0.303. The number of ether oxygens (including phenoxy) is 1. The Balaban J connectivity index is 0.000000151. The minimum absolute atomic E-state index is 0.464. The predicted octanol–water partition coefficient (Wildman–Crippen LogP) is 3.88. The lowest BCUT2D eigenvalue weighted by Gasteiger charge is -2.04. The fraction of sp³-hybridized carbons (Fsp3) is 0.235. The van der Waals surface area contributed by atoms with Gasteiger partial charge in [-0.15, -0.1) is 0 Å². The van der Waals surface area contributed by atoms with Crippen molar-refractivity contribution in [2.75, 3.05) is 7.11 Å². The summed E-state index contributed by atoms with van der Waals surface area (Å²) in [5.41, 5.74) is 4.30. The molecule has 0 aliphatic carbocycles. The standard InChI is InChI=1S/C9H7IN2O.C8H9ClN4/c1-13-7-3-2-6-9(8(7)10)12-5-4-11-6;1-4-6-7(13(3)12-4)8(9)11-5(2)10-6/h2-5H,1H3;1-3H3. The van der Waals surface area contributed by atoms with Gasteiger partial charge in [-0.2, -0.15) is 5.10 Å². The molecule has 1 aromatic carbocycles. The van der Waals surface area contributed by atoms with Crippen molar-refractivity contribution in [3.8, 4) is 5.75 Å². The molecular weight excluding hydrogens is 467 g/mol. The summed E-state index contributed by atoms with van der Waals surface area (Å²) in [5.74, 6) is 1.52. The number of hydrogen-bond acceptors (Lipinski definition) is 6. The molecule has 0 saturated carbocycles. The average Bonchev–Trinajstić information content (AvgIpc) is 2.90. The van der Waals surface area contributed by atoms with Crippen molar-refractivity contribution < 1.29 is 4.74 Å². The number of rotatable bonds is 1. The van der Waals surface area contributed by atoms with Crippen molar-refractivity contribution in [2.45, 2.75) is 13.8 Å². The second kappa shape index (κ2) is 7.67. The van der Waals surface area contributed by atoms with Crippen LogP contribution in [-0.2, 0) is 7.05 Å². The third-order valence-corrected chi connectivity index (χ3v) is 4.99. The molecule has 0 fully saturated rings. The molecule has 7 nitrogen and oxygen atoms in total. The first kappa shape index (κ1) is 18.7. The first-order valence-electron chi connectivity index (χ1n) is 7.69. The van der Waals surface area contributed by atoms with Gasteiger partial charge < -0.3 is 4.74 Å². The highest BCUT2D eigenvalue weighted by Crippen LogP contribution is 2.26. The Labute approximate surface area is 168 Å². The average molecular weight is 483 g/mol. The third kappa shape index (κ3) is 3.56. The van der Waals surface area contributed by atoms with Crippen LogP contribution in [0.2, 0.25) is 5.15 Å². The Hall–Kier alpha value is -2.07. The fourth-order valence-corrected chi connectivity index (χ4v) is 3.69. The maximum Gasteiger partial charge on any atom is 0.158 e. The lowest BCUT2D eigenvalue weighted by Crippen LogP contribution is -1.94. The van der Waals surface area contributed by atoms with Gasteiger partial charge in [0.15, 0.2) is 5.15 Å². The number of halogens is 2. The molecule has 3 heterocycles. The van der Waals surface area contributed by atoms with E-state index in [-0.39, 0.29) is 0 Å². The molecule has 4 aromatic rings. The van der Waals surface area contributed by atoms with Gasteiger partial charge in [0.2, 0.25) is 0 Å². The van der Waals surface area contributed by atoms with E-state index < -0.39 is 0 Å². The molecule has 0 aliphatic heterocycles. The molecule has 0 atom stereocenters. The van der Waals surface area contributed by atoms with E-state index in [9.17, 15) is 0 Å². The summed E-state index contributed by atoms with van der Waals surface area (Å²) in [6.07, 6.45) is 3.37. The Morgan fingerprint density at radius 3 is 2.54 bits per heavy atom. The van der Waals surface area contributed by atoms with Gasteiger partial charge in [0.25, 0.3) is 0 Å². The molecule has 0 radical (unpaired) electrons. The molecule has 0 spiro atoms. The Morgan fingerprint density at radius 1 is 1.08 bits per heavy atom. The van der Waals surface area contributed by atoms with Crippen LogP contribution in [0, 0.1) is 17.4 Å². The number of aryl methyl sites for hydroxylation is 3. The predicted molar refractivity (Wildman–Crippen MR) is 110 cm³/mol. The summed E-state index contributed by atoms with van der Waals surface area (Å²) in [6, 6.07) is 3.81. The zero-order valence-electron chi connectivity index (χ0n) is 14.7. The van der Waals surface area contributed by atoms with Crippen LogP contribution in [0.15, 0.2) is 24.5 Å². The first-order chi connectivity index (χ1) is 12.4. The highest BCUT2D eigenvalue weighted by Gasteiger charge is 2.11. The molecule has 134 valence electrons. The van der Waals surface area contributed by atoms with E-state index in [1.165, 1.54) is 0 Å². The van der Waals surface area contributed by atoms with Crippen LogP contribution in [0.1, 0.15) is 11.5 Å². The molecule has 0 unspecified atom stereocenters. The monoisotopic (exact) mass is 482 g/mol. The van der Waals surface area contributed by atoms with Gasteiger partial charge in [0, 0.05) is 19.4 Å². The van der Waals surface area contributed by atoms with E-state index in [0.29, 0.717) is 11.0 Å². The lowest BCUT2D eigenvalue weighted by atomic mass is 10.3. The Kier molecular flexibility index (Phi) is 5.52. The van der Waals surface area contributed by atoms with Crippen molar-refractivity contribution in [3.05, 3.63) is 44.8 Å². The molecule has 3 aromatic heterocycles. The summed E-state index contributed by atoms with van der Waals surface area (Å²) >= 11 is 8.18. The number of fused-ring (bicyclic) bond motifs is 2. The van der Waals surface area contributed by atoms with Crippen LogP contribution in [-0.4, -0.2) is 36.8 Å². The van der Waals surface area contributed by atoms with E-state index in [4.69, 9.17) is 16.3 Å². The molecular formula is C17H16ClIN6O. The first-order valence-corrected chi connectivity index (χ1v) is 9.14. The molecule has 0 aliphatic rings. The summed E-state index contributed by atoms with van der Waals surface area (Å²) in [5, 5.41) is 4.69. The van der Waals surface area contributed by atoms with Gasteiger partial charge in [-0.3, -0.25) is 14.6 Å². The van der Waals surface area contributed by atoms with Gasteiger partial charge in [0.05, 0.1) is 21.9 Å². The third-order valence-electron chi connectivity index (χ3n) is 3.68. The van der Waals surface area contributed by atoms with Crippen LogP contribution in [0.25, 0.3) is 22.1 Å². The van der Waals surface area contributed by atoms with Crippen LogP contribution in [0.3, 0.4) is 0 Å². The SMILES string of the molecule is COc1ccc2nccnc2c1I.Cc1nc(Cl)c2c(n1)c(C)nn2C. The number of aromatic nitrogens is 6. The molecule has 0 bridgehead atoms. The second-order valence-corrected chi connectivity index (χ2v) is 6.91. The number of hydrogen-bond donors (Lipinski definition) is 0. The molecule has 9 heteroatoms. The maximum atomic E-state index is 5.97. The largest absolute Gasteiger partial charge is 0.496 e. The number of benzene rings is 1.